The van der Waals surface area contributed by atoms with Crippen molar-refractivity contribution in [2.75, 3.05) is 13.2 Å². The lowest BCUT2D eigenvalue weighted by Crippen LogP contribution is -2.38. The van der Waals surface area contributed by atoms with Gasteiger partial charge < -0.3 is 9.64 Å². The summed E-state index contributed by atoms with van der Waals surface area (Å²) in [6, 6.07) is 8.33. The van der Waals surface area contributed by atoms with E-state index in [-0.39, 0.29) is 12.5 Å². The van der Waals surface area contributed by atoms with Crippen molar-refractivity contribution in [2.24, 2.45) is 0 Å². The Labute approximate surface area is 162 Å². The van der Waals surface area contributed by atoms with Crippen molar-refractivity contribution in [3.05, 3.63) is 52.2 Å². The number of carbonyl (C=O) groups excluding carboxylic acids is 1. The van der Waals surface area contributed by atoms with Crippen LogP contribution in [0.3, 0.4) is 0 Å². The Bertz CT molecular complexity index is 1010. The van der Waals surface area contributed by atoms with E-state index >= 15 is 0 Å². The lowest BCUT2D eigenvalue weighted by Gasteiger charge is -2.28. The molecule has 0 radical (unpaired) electrons. The van der Waals surface area contributed by atoms with Gasteiger partial charge in [0, 0.05) is 18.0 Å². The minimum atomic E-state index is 0.0142. The number of benzene rings is 1. The van der Waals surface area contributed by atoms with E-state index in [2.05, 4.69) is 28.2 Å². The molecule has 2 aliphatic rings. The van der Waals surface area contributed by atoms with Gasteiger partial charge in [0.05, 0.1) is 5.39 Å². The molecule has 0 spiro atoms. The second-order valence-corrected chi connectivity index (χ2v) is 8.28. The molecule has 1 amide bonds. The summed E-state index contributed by atoms with van der Waals surface area (Å²) in [5.41, 5.74) is 3.90. The number of hydrogen-bond donors (Lipinski definition) is 0. The number of rotatable bonds is 3. The number of hydrogen-bond acceptors (Lipinski definition) is 5. The van der Waals surface area contributed by atoms with Crippen LogP contribution in [0, 0.1) is 0 Å². The molecule has 6 heteroatoms. The van der Waals surface area contributed by atoms with E-state index in [0.717, 1.165) is 36.0 Å². The van der Waals surface area contributed by atoms with E-state index in [1.165, 1.54) is 34.4 Å². The van der Waals surface area contributed by atoms with Gasteiger partial charge in [-0.1, -0.05) is 24.3 Å². The predicted octanol–water partition coefficient (Wildman–Crippen LogP) is 3.53. The fourth-order valence-electron chi connectivity index (χ4n) is 4.10. The molecule has 0 bridgehead atoms. The van der Waals surface area contributed by atoms with Crippen LogP contribution in [0.15, 0.2) is 30.6 Å². The van der Waals surface area contributed by atoms with Gasteiger partial charge in [0.25, 0.3) is 5.91 Å². The van der Waals surface area contributed by atoms with E-state index in [0.29, 0.717) is 12.4 Å². The molecule has 0 atom stereocenters. The number of fused-ring (bicyclic) bond motifs is 4. The van der Waals surface area contributed by atoms with Crippen LogP contribution >= 0.6 is 11.3 Å². The highest BCUT2D eigenvalue weighted by molar-refractivity contribution is 7.18. The van der Waals surface area contributed by atoms with Crippen LogP contribution in [0.5, 0.6) is 5.88 Å². The van der Waals surface area contributed by atoms with E-state index in [4.69, 9.17) is 4.74 Å². The quantitative estimate of drug-likeness (QED) is 0.699. The molecule has 138 valence electrons. The third-order valence-electron chi connectivity index (χ3n) is 5.53. The van der Waals surface area contributed by atoms with Crippen molar-refractivity contribution in [1.29, 1.82) is 0 Å². The van der Waals surface area contributed by atoms with Gasteiger partial charge in [-0.05, 0) is 48.8 Å². The second kappa shape index (κ2) is 6.93. The van der Waals surface area contributed by atoms with Crippen LogP contribution in [0.2, 0.25) is 0 Å². The summed E-state index contributed by atoms with van der Waals surface area (Å²) in [4.78, 5) is 25.7. The fourth-order valence-corrected chi connectivity index (χ4v) is 5.32. The zero-order valence-corrected chi connectivity index (χ0v) is 15.9. The average molecular weight is 379 g/mol. The van der Waals surface area contributed by atoms with Gasteiger partial charge in [-0.25, -0.2) is 9.97 Å². The lowest BCUT2D eigenvalue weighted by molar-refractivity contribution is -0.134. The summed E-state index contributed by atoms with van der Waals surface area (Å²) in [7, 11) is 0. The number of thiophene rings is 1. The predicted molar refractivity (Wildman–Crippen MR) is 105 cm³/mol. The van der Waals surface area contributed by atoms with Crippen LogP contribution < -0.4 is 4.74 Å². The molecule has 3 aromatic rings. The lowest BCUT2D eigenvalue weighted by atomic mass is 9.97. The maximum absolute atomic E-state index is 12.7. The molecular weight excluding hydrogens is 358 g/mol. The van der Waals surface area contributed by atoms with Crippen LogP contribution in [0.1, 0.15) is 34.4 Å². The SMILES string of the molecule is O=C(COc1ncnc2sc3c(c12)CCCC3)N1CCc2ccccc2C1. The van der Waals surface area contributed by atoms with Gasteiger partial charge in [0.1, 0.15) is 11.2 Å². The smallest absolute Gasteiger partial charge is 0.260 e. The Kier molecular flexibility index (Phi) is 4.28. The second-order valence-electron chi connectivity index (χ2n) is 7.19. The molecule has 0 saturated carbocycles. The van der Waals surface area contributed by atoms with Gasteiger partial charge in [0.2, 0.25) is 5.88 Å². The monoisotopic (exact) mass is 379 g/mol. The standard InChI is InChI=1S/C21H21N3O2S/c25-18(24-10-9-14-5-1-2-6-15(14)11-24)12-26-20-19-16-7-3-4-8-17(16)27-21(19)23-13-22-20/h1-2,5-6,13H,3-4,7-12H2. The summed E-state index contributed by atoms with van der Waals surface area (Å²) in [6.45, 7) is 1.43. The Morgan fingerprint density at radius 1 is 1.11 bits per heavy atom. The molecule has 5 nitrogen and oxygen atoms in total. The molecule has 0 unspecified atom stereocenters. The zero-order valence-electron chi connectivity index (χ0n) is 15.1. The van der Waals surface area contributed by atoms with Crippen molar-refractivity contribution in [1.82, 2.24) is 14.9 Å². The Balaban J connectivity index is 1.33. The summed E-state index contributed by atoms with van der Waals surface area (Å²) >= 11 is 1.74. The van der Waals surface area contributed by atoms with Crippen molar-refractivity contribution in [3.63, 3.8) is 0 Å². The van der Waals surface area contributed by atoms with Gasteiger partial charge in [-0.15, -0.1) is 11.3 Å². The molecule has 0 fully saturated rings. The Morgan fingerprint density at radius 3 is 2.89 bits per heavy atom. The van der Waals surface area contributed by atoms with Crippen molar-refractivity contribution < 1.29 is 9.53 Å². The summed E-state index contributed by atoms with van der Waals surface area (Å²) in [6.07, 6.45) is 7.04. The Morgan fingerprint density at radius 2 is 1.96 bits per heavy atom. The number of nitrogens with zero attached hydrogens (tertiary/aromatic N) is 3. The summed E-state index contributed by atoms with van der Waals surface area (Å²) in [5.74, 6) is 0.575. The number of carbonyl (C=O) groups is 1. The minimum absolute atomic E-state index is 0.0142. The highest BCUT2D eigenvalue weighted by Crippen LogP contribution is 2.38. The third-order valence-corrected chi connectivity index (χ3v) is 6.73. The molecule has 5 rings (SSSR count). The first-order valence-corrected chi connectivity index (χ1v) is 10.3. The first-order chi connectivity index (χ1) is 13.3. The van der Waals surface area contributed by atoms with Gasteiger partial charge in [-0.2, -0.15) is 0 Å². The van der Waals surface area contributed by atoms with E-state index in [1.54, 1.807) is 17.7 Å². The highest BCUT2D eigenvalue weighted by atomic mass is 32.1. The molecule has 27 heavy (non-hydrogen) atoms. The summed E-state index contributed by atoms with van der Waals surface area (Å²) < 4.78 is 5.91. The van der Waals surface area contributed by atoms with E-state index < -0.39 is 0 Å². The van der Waals surface area contributed by atoms with Crippen LogP contribution in [-0.2, 0) is 30.6 Å². The molecule has 0 saturated heterocycles. The van der Waals surface area contributed by atoms with E-state index in [1.807, 2.05) is 11.0 Å². The van der Waals surface area contributed by atoms with Crippen LogP contribution in [0.25, 0.3) is 10.2 Å². The van der Waals surface area contributed by atoms with Gasteiger partial charge in [0.15, 0.2) is 6.61 Å². The molecule has 3 heterocycles. The van der Waals surface area contributed by atoms with Gasteiger partial charge >= 0.3 is 0 Å². The average Bonchev–Trinajstić information content (AvgIpc) is 3.11. The van der Waals surface area contributed by atoms with Crippen LogP contribution in [-0.4, -0.2) is 33.9 Å². The first kappa shape index (κ1) is 16.7. The topological polar surface area (TPSA) is 55.3 Å². The number of ether oxygens (including phenoxy) is 1. The van der Waals surface area contributed by atoms with Crippen molar-refractivity contribution in [3.8, 4) is 5.88 Å². The normalized spacial score (nSPS) is 16.1. The molecular formula is C21H21N3O2S. The molecule has 2 aromatic heterocycles. The number of aryl methyl sites for hydroxylation is 2. The first-order valence-electron chi connectivity index (χ1n) is 9.52. The Hall–Kier alpha value is -2.47. The molecule has 0 N–H and O–H groups in total. The van der Waals surface area contributed by atoms with Crippen molar-refractivity contribution >= 4 is 27.5 Å². The number of aromatic nitrogens is 2. The molecule has 1 aliphatic carbocycles. The van der Waals surface area contributed by atoms with Gasteiger partial charge in [-0.3, -0.25) is 4.79 Å². The fraction of sp³-hybridized carbons (Fsp3) is 0.381. The van der Waals surface area contributed by atoms with Crippen molar-refractivity contribution in [2.45, 2.75) is 38.6 Å². The highest BCUT2D eigenvalue weighted by Gasteiger charge is 2.23. The van der Waals surface area contributed by atoms with E-state index in [9.17, 15) is 4.79 Å². The minimum Gasteiger partial charge on any atom is -0.467 e. The third kappa shape index (κ3) is 3.08. The zero-order chi connectivity index (χ0) is 18.2. The largest absolute Gasteiger partial charge is 0.467 e. The maximum Gasteiger partial charge on any atom is 0.260 e. The van der Waals surface area contributed by atoms with Crippen LogP contribution in [0.4, 0.5) is 0 Å². The number of amides is 1. The molecule has 1 aromatic carbocycles. The molecule has 1 aliphatic heterocycles. The maximum atomic E-state index is 12.7. The summed E-state index contributed by atoms with van der Waals surface area (Å²) in [5, 5.41) is 1.02.